The molecule has 2 rings (SSSR count). The predicted molar refractivity (Wildman–Crippen MR) is 74.1 cm³/mol. The first kappa shape index (κ1) is 13.4. The Morgan fingerprint density at radius 1 is 1.22 bits per heavy atom. The van der Waals surface area contributed by atoms with Crippen molar-refractivity contribution < 1.29 is 9.18 Å². The minimum atomic E-state index is -0.338. The van der Waals surface area contributed by atoms with Gasteiger partial charge in [0.1, 0.15) is 5.82 Å². The number of rotatable bonds is 3. The molecule has 0 aliphatic heterocycles. The summed E-state index contributed by atoms with van der Waals surface area (Å²) in [6.07, 6.45) is 3.36. The molecule has 0 aliphatic rings. The molecule has 0 bridgehead atoms. The average Bonchev–Trinajstić information content (AvgIpc) is 2.34. The van der Waals surface area contributed by atoms with Gasteiger partial charge in [-0.2, -0.15) is 0 Å². The highest BCUT2D eigenvalue weighted by Crippen LogP contribution is 2.18. The van der Waals surface area contributed by atoms with Crippen LogP contribution in [0.3, 0.4) is 0 Å². The molecule has 0 fully saturated rings. The molecule has 0 atom stereocenters. The molecule has 0 unspecified atom stereocenters. The molecular weight excluding hydrogens is 365 g/mol. The van der Waals surface area contributed by atoms with Crippen molar-refractivity contribution >= 4 is 37.6 Å². The molecule has 0 spiro atoms. The maximum atomic E-state index is 13.1. The lowest BCUT2D eigenvalue weighted by Crippen LogP contribution is -2.04. The van der Waals surface area contributed by atoms with E-state index in [0.29, 0.717) is 10.0 Å². The van der Waals surface area contributed by atoms with E-state index in [4.69, 9.17) is 0 Å². The summed E-state index contributed by atoms with van der Waals surface area (Å²) in [6, 6.07) is 6.27. The topological polar surface area (TPSA) is 30.0 Å². The molecule has 0 N–H and O–H groups in total. The Kier molecular flexibility index (Phi) is 4.24. The second kappa shape index (κ2) is 5.71. The summed E-state index contributed by atoms with van der Waals surface area (Å²) in [7, 11) is 0. The fourth-order valence-corrected chi connectivity index (χ4v) is 2.29. The van der Waals surface area contributed by atoms with Crippen molar-refractivity contribution in [3.05, 3.63) is 62.5 Å². The van der Waals surface area contributed by atoms with Crippen LogP contribution in [-0.4, -0.2) is 10.8 Å². The fraction of sp³-hybridized carbons (Fsp3) is 0.0769. The van der Waals surface area contributed by atoms with Crippen LogP contribution in [0.1, 0.15) is 15.9 Å². The molecule has 0 saturated carbocycles. The molecule has 1 aromatic carbocycles. The van der Waals surface area contributed by atoms with E-state index in [0.717, 1.165) is 10.0 Å². The molecule has 2 aromatic rings. The third-order valence-corrected chi connectivity index (χ3v) is 3.42. The van der Waals surface area contributed by atoms with Gasteiger partial charge in [-0.3, -0.25) is 9.78 Å². The van der Waals surface area contributed by atoms with Crippen LogP contribution in [0.2, 0.25) is 0 Å². The molecule has 0 aliphatic carbocycles. The largest absolute Gasteiger partial charge is 0.294 e. The predicted octanol–water partition coefficient (Wildman–Crippen LogP) is 4.17. The van der Waals surface area contributed by atoms with Crippen LogP contribution in [0, 0.1) is 5.82 Å². The number of hydrogen-bond donors (Lipinski definition) is 0. The van der Waals surface area contributed by atoms with Crippen LogP contribution in [0.5, 0.6) is 0 Å². The number of ketones is 1. The quantitative estimate of drug-likeness (QED) is 0.757. The summed E-state index contributed by atoms with van der Waals surface area (Å²) in [6.45, 7) is 0. The van der Waals surface area contributed by atoms with Crippen molar-refractivity contribution in [3.63, 3.8) is 0 Å². The van der Waals surface area contributed by atoms with Gasteiger partial charge in [0.15, 0.2) is 5.78 Å². The number of Topliss-reactive ketones (excluding diaryl/α,β-unsaturated/α-hetero) is 1. The lowest BCUT2D eigenvalue weighted by atomic mass is 10.0. The lowest BCUT2D eigenvalue weighted by Gasteiger charge is -2.03. The monoisotopic (exact) mass is 371 g/mol. The first-order valence-corrected chi connectivity index (χ1v) is 6.72. The third-order valence-electron chi connectivity index (χ3n) is 2.38. The van der Waals surface area contributed by atoms with Crippen LogP contribution in [0.4, 0.5) is 4.39 Å². The Hall–Kier alpha value is -1.07. The van der Waals surface area contributed by atoms with Gasteiger partial charge in [0.05, 0.1) is 4.47 Å². The Morgan fingerprint density at radius 3 is 2.67 bits per heavy atom. The van der Waals surface area contributed by atoms with Crippen LogP contribution in [-0.2, 0) is 6.42 Å². The van der Waals surface area contributed by atoms with E-state index in [1.54, 1.807) is 24.4 Å². The number of aromatic nitrogens is 1. The van der Waals surface area contributed by atoms with Crippen molar-refractivity contribution in [1.29, 1.82) is 0 Å². The van der Waals surface area contributed by atoms with Gasteiger partial charge in [-0.15, -0.1) is 0 Å². The van der Waals surface area contributed by atoms with Gasteiger partial charge < -0.3 is 0 Å². The fourth-order valence-electron chi connectivity index (χ4n) is 1.50. The molecule has 0 saturated heterocycles. The summed E-state index contributed by atoms with van der Waals surface area (Å²) < 4.78 is 14.2. The van der Waals surface area contributed by atoms with Gasteiger partial charge in [-0.25, -0.2) is 4.39 Å². The minimum Gasteiger partial charge on any atom is -0.294 e. The van der Waals surface area contributed by atoms with Crippen LogP contribution >= 0.6 is 31.9 Å². The SMILES string of the molecule is O=C(Cc1ccc(F)c(Br)c1)c1cncc(Br)c1. The number of halogens is 3. The molecule has 92 valence electrons. The third kappa shape index (κ3) is 3.23. The first-order chi connectivity index (χ1) is 8.56. The summed E-state index contributed by atoms with van der Waals surface area (Å²) >= 11 is 6.36. The highest BCUT2D eigenvalue weighted by Gasteiger charge is 2.09. The number of hydrogen-bond acceptors (Lipinski definition) is 2. The van der Waals surface area contributed by atoms with Crippen molar-refractivity contribution in [1.82, 2.24) is 4.98 Å². The van der Waals surface area contributed by atoms with Gasteiger partial charge in [0, 0.05) is 28.9 Å². The molecule has 1 aromatic heterocycles. The zero-order valence-electron chi connectivity index (χ0n) is 9.16. The highest BCUT2D eigenvalue weighted by atomic mass is 79.9. The van der Waals surface area contributed by atoms with E-state index < -0.39 is 0 Å². The summed E-state index contributed by atoms with van der Waals surface area (Å²) in [4.78, 5) is 15.9. The Morgan fingerprint density at radius 2 is 2.00 bits per heavy atom. The number of carbonyl (C=O) groups is 1. The second-order valence-corrected chi connectivity index (χ2v) is 5.51. The van der Waals surface area contributed by atoms with E-state index >= 15 is 0 Å². The number of carbonyl (C=O) groups excluding carboxylic acids is 1. The zero-order chi connectivity index (χ0) is 13.1. The van der Waals surface area contributed by atoms with Crippen LogP contribution in [0.15, 0.2) is 45.6 Å². The normalized spacial score (nSPS) is 10.4. The standard InChI is InChI=1S/C13H8Br2FNO/c14-10-5-9(6-17-7-10)13(18)4-8-1-2-12(16)11(15)3-8/h1-3,5-7H,4H2. The number of pyridine rings is 1. The summed E-state index contributed by atoms with van der Waals surface area (Å²) in [5, 5.41) is 0. The zero-order valence-corrected chi connectivity index (χ0v) is 12.3. The molecular formula is C13H8Br2FNO. The van der Waals surface area contributed by atoms with Gasteiger partial charge >= 0.3 is 0 Å². The maximum Gasteiger partial charge on any atom is 0.168 e. The Bertz CT molecular complexity index is 601. The van der Waals surface area contributed by atoms with E-state index in [9.17, 15) is 9.18 Å². The first-order valence-electron chi connectivity index (χ1n) is 5.14. The maximum absolute atomic E-state index is 13.1. The molecule has 0 radical (unpaired) electrons. The van der Waals surface area contributed by atoms with Crippen molar-refractivity contribution in [2.24, 2.45) is 0 Å². The molecule has 18 heavy (non-hydrogen) atoms. The molecule has 2 nitrogen and oxygen atoms in total. The average molecular weight is 373 g/mol. The van der Waals surface area contributed by atoms with Crippen LogP contribution < -0.4 is 0 Å². The second-order valence-electron chi connectivity index (χ2n) is 3.74. The smallest absolute Gasteiger partial charge is 0.168 e. The van der Waals surface area contributed by atoms with Crippen molar-refractivity contribution in [3.8, 4) is 0 Å². The van der Waals surface area contributed by atoms with Gasteiger partial charge in [0.2, 0.25) is 0 Å². The molecule has 0 amide bonds. The molecule has 5 heteroatoms. The van der Waals surface area contributed by atoms with Gasteiger partial charge in [-0.05, 0) is 55.6 Å². The number of nitrogens with zero attached hydrogens (tertiary/aromatic N) is 1. The number of benzene rings is 1. The molecule has 1 heterocycles. The van der Waals surface area contributed by atoms with E-state index in [-0.39, 0.29) is 18.0 Å². The lowest BCUT2D eigenvalue weighted by molar-refractivity contribution is 0.0992. The van der Waals surface area contributed by atoms with E-state index in [1.165, 1.54) is 12.3 Å². The highest BCUT2D eigenvalue weighted by molar-refractivity contribution is 9.10. The Balaban J connectivity index is 2.18. The summed E-state index contributed by atoms with van der Waals surface area (Å²) in [5.41, 5.74) is 1.29. The van der Waals surface area contributed by atoms with Gasteiger partial charge in [-0.1, -0.05) is 6.07 Å². The Labute approximate surface area is 121 Å². The van der Waals surface area contributed by atoms with Gasteiger partial charge in [0.25, 0.3) is 0 Å². The van der Waals surface area contributed by atoms with Crippen molar-refractivity contribution in [2.75, 3.05) is 0 Å². The van der Waals surface area contributed by atoms with E-state index in [2.05, 4.69) is 36.8 Å². The van der Waals surface area contributed by atoms with Crippen molar-refractivity contribution in [2.45, 2.75) is 6.42 Å². The minimum absolute atomic E-state index is 0.0534. The van der Waals surface area contributed by atoms with E-state index in [1.807, 2.05) is 0 Å². The summed E-state index contributed by atoms with van der Waals surface area (Å²) in [5.74, 6) is -0.391. The van der Waals surface area contributed by atoms with Crippen LogP contribution in [0.25, 0.3) is 0 Å².